The minimum atomic E-state index is -0.506. The lowest BCUT2D eigenvalue weighted by Crippen LogP contribution is -2.33. The summed E-state index contributed by atoms with van der Waals surface area (Å²) in [5.41, 5.74) is 0. The highest BCUT2D eigenvalue weighted by Gasteiger charge is 2.43. The number of carbonyl (C=O) groups excluding carboxylic acids is 1. The van der Waals surface area contributed by atoms with Gasteiger partial charge in [-0.2, -0.15) is 0 Å². The number of aliphatic hydroxyl groups excluding tert-OH is 2. The van der Waals surface area contributed by atoms with Gasteiger partial charge in [-0.3, -0.25) is 4.79 Å². The van der Waals surface area contributed by atoms with E-state index in [4.69, 9.17) is 9.47 Å². The molecule has 1 saturated carbocycles. The van der Waals surface area contributed by atoms with E-state index in [-0.39, 0.29) is 17.8 Å². The SMILES string of the molecule is CCCCCCCC1(CCC2C(O)CC(O)C2C/C=C/CCCC(=O)OC)OCCO1. The topological polar surface area (TPSA) is 85.2 Å². The van der Waals surface area contributed by atoms with Crippen molar-refractivity contribution < 1.29 is 29.2 Å². The molecule has 2 N–H and O–H groups in total. The van der Waals surface area contributed by atoms with Crippen LogP contribution in [0.4, 0.5) is 0 Å². The molecule has 0 radical (unpaired) electrons. The minimum Gasteiger partial charge on any atom is -0.469 e. The Morgan fingerprint density at radius 1 is 1.00 bits per heavy atom. The number of hydrogen-bond donors (Lipinski definition) is 2. The summed E-state index contributed by atoms with van der Waals surface area (Å²) in [5, 5.41) is 21.1. The van der Waals surface area contributed by atoms with Gasteiger partial charge in [0.2, 0.25) is 0 Å². The molecule has 0 aromatic heterocycles. The van der Waals surface area contributed by atoms with Crippen molar-refractivity contribution in [3.63, 3.8) is 0 Å². The Labute approximate surface area is 188 Å². The molecule has 0 amide bonds. The van der Waals surface area contributed by atoms with Crippen LogP contribution in [0.5, 0.6) is 0 Å². The van der Waals surface area contributed by atoms with Gasteiger partial charge in [0.1, 0.15) is 0 Å². The van der Waals surface area contributed by atoms with E-state index in [0.29, 0.717) is 26.1 Å². The van der Waals surface area contributed by atoms with Crippen LogP contribution in [0.1, 0.15) is 90.4 Å². The molecule has 2 aliphatic rings. The molecule has 0 aromatic rings. The number of methoxy groups -OCH3 is 1. The van der Waals surface area contributed by atoms with Gasteiger partial charge in [-0.05, 0) is 50.4 Å². The van der Waals surface area contributed by atoms with E-state index in [0.717, 1.165) is 44.9 Å². The van der Waals surface area contributed by atoms with Crippen LogP contribution >= 0.6 is 0 Å². The van der Waals surface area contributed by atoms with Crippen LogP contribution in [-0.2, 0) is 19.0 Å². The quantitative estimate of drug-likeness (QED) is 0.221. The van der Waals surface area contributed by atoms with Crippen LogP contribution in [0.25, 0.3) is 0 Å². The van der Waals surface area contributed by atoms with Crippen molar-refractivity contribution in [2.24, 2.45) is 11.8 Å². The van der Waals surface area contributed by atoms with Crippen LogP contribution in [0.2, 0.25) is 0 Å². The molecule has 0 aromatic carbocycles. The van der Waals surface area contributed by atoms with Crippen molar-refractivity contribution >= 4 is 5.97 Å². The number of carbonyl (C=O) groups is 1. The number of ether oxygens (including phenoxy) is 3. The lowest BCUT2D eigenvalue weighted by atomic mass is 9.85. The molecule has 1 aliphatic carbocycles. The number of allylic oxidation sites excluding steroid dienone is 2. The monoisotopic (exact) mass is 440 g/mol. The highest BCUT2D eigenvalue weighted by Crippen LogP contribution is 2.41. The summed E-state index contributed by atoms with van der Waals surface area (Å²) < 4.78 is 16.7. The third-order valence-electron chi connectivity index (χ3n) is 6.91. The second-order valence-corrected chi connectivity index (χ2v) is 9.18. The summed E-state index contributed by atoms with van der Waals surface area (Å²) in [5.74, 6) is -0.582. The van der Waals surface area contributed by atoms with Gasteiger partial charge in [-0.1, -0.05) is 44.8 Å². The summed E-state index contributed by atoms with van der Waals surface area (Å²) >= 11 is 0. The van der Waals surface area contributed by atoms with Gasteiger partial charge in [0, 0.05) is 19.3 Å². The standard InChI is InChI=1S/C25H44O6/c1-3-4-5-8-11-15-25(30-17-18-31-25)16-14-21-20(22(26)19-23(21)27)12-9-6-7-10-13-24(28)29-2/h6,9,20-23,26-27H,3-5,7-8,10-19H2,1-2H3/b9-6+. The van der Waals surface area contributed by atoms with Gasteiger partial charge in [0.15, 0.2) is 5.79 Å². The molecule has 180 valence electrons. The Balaban J connectivity index is 1.80. The Bertz CT molecular complexity index is 528. The fourth-order valence-corrected chi connectivity index (χ4v) is 5.04. The molecule has 1 aliphatic heterocycles. The van der Waals surface area contributed by atoms with Crippen LogP contribution in [0.3, 0.4) is 0 Å². The zero-order chi connectivity index (χ0) is 22.5. The first-order chi connectivity index (χ1) is 15.0. The second kappa shape index (κ2) is 14.2. The van der Waals surface area contributed by atoms with Crippen molar-refractivity contribution in [3.8, 4) is 0 Å². The second-order valence-electron chi connectivity index (χ2n) is 9.18. The van der Waals surface area contributed by atoms with Gasteiger partial charge in [0.05, 0.1) is 32.5 Å². The summed E-state index contributed by atoms with van der Waals surface area (Å²) in [6.07, 6.45) is 14.9. The number of aliphatic hydroxyl groups is 2. The number of unbranched alkanes of at least 4 members (excludes halogenated alkanes) is 5. The number of hydrogen-bond acceptors (Lipinski definition) is 6. The van der Waals surface area contributed by atoms with E-state index in [9.17, 15) is 15.0 Å². The Kier molecular flexibility index (Phi) is 12.1. The first-order valence-corrected chi connectivity index (χ1v) is 12.4. The fourth-order valence-electron chi connectivity index (χ4n) is 5.04. The Morgan fingerprint density at radius 2 is 1.71 bits per heavy atom. The van der Waals surface area contributed by atoms with Gasteiger partial charge in [-0.15, -0.1) is 0 Å². The average molecular weight is 441 g/mol. The molecule has 6 heteroatoms. The maximum atomic E-state index is 11.2. The number of esters is 1. The first-order valence-electron chi connectivity index (χ1n) is 12.4. The van der Waals surface area contributed by atoms with E-state index in [2.05, 4.69) is 23.8 Å². The molecule has 2 fully saturated rings. The van der Waals surface area contributed by atoms with Crippen LogP contribution in [-0.4, -0.2) is 54.5 Å². The zero-order valence-electron chi connectivity index (χ0n) is 19.6. The predicted molar refractivity (Wildman–Crippen MR) is 120 cm³/mol. The molecule has 6 nitrogen and oxygen atoms in total. The predicted octanol–water partition coefficient (Wildman–Crippen LogP) is 4.52. The highest BCUT2D eigenvalue weighted by molar-refractivity contribution is 5.69. The molecular weight excluding hydrogens is 396 g/mol. The molecule has 31 heavy (non-hydrogen) atoms. The molecule has 0 bridgehead atoms. The lowest BCUT2D eigenvalue weighted by molar-refractivity contribution is -0.171. The van der Waals surface area contributed by atoms with Gasteiger partial charge < -0.3 is 24.4 Å². The Morgan fingerprint density at radius 3 is 2.42 bits per heavy atom. The molecule has 1 saturated heterocycles. The Hall–Kier alpha value is -0.950. The minimum absolute atomic E-state index is 0.0508. The molecule has 4 unspecified atom stereocenters. The molecule has 1 heterocycles. The van der Waals surface area contributed by atoms with Crippen molar-refractivity contribution in [1.29, 1.82) is 0 Å². The smallest absolute Gasteiger partial charge is 0.305 e. The highest BCUT2D eigenvalue weighted by atomic mass is 16.7. The largest absolute Gasteiger partial charge is 0.469 e. The summed E-state index contributed by atoms with van der Waals surface area (Å²) in [4.78, 5) is 11.2. The van der Waals surface area contributed by atoms with Crippen LogP contribution < -0.4 is 0 Å². The summed E-state index contributed by atoms with van der Waals surface area (Å²) in [7, 11) is 1.41. The maximum absolute atomic E-state index is 11.2. The third-order valence-corrected chi connectivity index (χ3v) is 6.91. The summed E-state index contributed by atoms with van der Waals surface area (Å²) in [6.45, 7) is 3.51. The van der Waals surface area contributed by atoms with Gasteiger partial charge in [0.25, 0.3) is 0 Å². The third kappa shape index (κ3) is 8.83. The zero-order valence-corrected chi connectivity index (χ0v) is 19.6. The molecular formula is C25H44O6. The van der Waals surface area contributed by atoms with Crippen LogP contribution in [0, 0.1) is 11.8 Å². The van der Waals surface area contributed by atoms with Crippen molar-refractivity contribution in [3.05, 3.63) is 12.2 Å². The van der Waals surface area contributed by atoms with Gasteiger partial charge >= 0.3 is 5.97 Å². The van der Waals surface area contributed by atoms with E-state index in [1.54, 1.807) is 0 Å². The molecule has 0 spiro atoms. The lowest BCUT2D eigenvalue weighted by Gasteiger charge is -2.31. The maximum Gasteiger partial charge on any atom is 0.305 e. The van der Waals surface area contributed by atoms with Crippen LogP contribution in [0.15, 0.2) is 12.2 Å². The molecule has 2 rings (SSSR count). The first kappa shape index (κ1) is 26.3. The van der Waals surface area contributed by atoms with Crippen molar-refractivity contribution in [2.45, 2.75) is 108 Å². The van der Waals surface area contributed by atoms with Crippen molar-refractivity contribution in [2.75, 3.05) is 20.3 Å². The molecule has 4 atom stereocenters. The summed E-state index contributed by atoms with van der Waals surface area (Å²) in [6, 6.07) is 0. The van der Waals surface area contributed by atoms with Gasteiger partial charge in [-0.25, -0.2) is 0 Å². The normalized spacial score (nSPS) is 27.9. The van der Waals surface area contributed by atoms with E-state index < -0.39 is 18.0 Å². The fraction of sp³-hybridized carbons (Fsp3) is 0.880. The number of rotatable bonds is 15. The average Bonchev–Trinajstić information content (AvgIpc) is 3.33. The van der Waals surface area contributed by atoms with E-state index in [1.165, 1.54) is 32.8 Å². The van der Waals surface area contributed by atoms with E-state index >= 15 is 0 Å². The van der Waals surface area contributed by atoms with Crippen molar-refractivity contribution in [1.82, 2.24) is 0 Å². The van der Waals surface area contributed by atoms with E-state index in [1.807, 2.05) is 0 Å².